The van der Waals surface area contributed by atoms with Gasteiger partial charge in [-0.2, -0.15) is 0 Å². The van der Waals surface area contributed by atoms with E-state index in [1.165, 1.54) is 110 Å². The third-order valence-electron chi connectivity index (χ3n) is 15.6. The van der Waals surface area contributed by atoms with E-state index in [1.807, 2.05) is 0 Å². The Bertz CT molecular complexity index is 3880. The maximum atomic E-state index is 5.30. The molecular weight excluding hydrogens is 833 g/mol. The number of allylic oxidation sites excluding steroid dienone is 11. The first kappa shape index (κ1) is 40.0. The van der Waals surface area contributed by atoms with Crippen LogP contribution in [0.5, 0.6) is 0 Å². The van der Waals surface area contributed by atoms with Crippen LogP contribution in [0.15, 0.2) is 212 Å². The van der Waals surface area contributed by atoms with Gasteiger partial charge in [0.2, 0.25) is 0 Å². The predicted molar refractivity (Wildman–Crippen MR) is 291 cm³/mol. The van der Waals surface area contributed by atoms with E-state index in [9.17, 15) is 0 Å². The summed E-state index contributed by atoms with van der Waals surface area (Å²) >= 11 is 0. The second kappa shape index (κ2) is 16.3. The Hall–Kier alpha value is -8.07. The molecule has 0 amide bonds. The van der Waals surface area contributed by atoms with Crippen molar-refractivity contribution in [3.05, 3.63) is 256 Å². The van der Waals surface area contributed by atoms with Gasteiger partial charge in [0.1, 0.15) is 5.82 Å². The van der Waals surface area contributed by atoms with Gasteiger partial charge in [0.05, 0.1) is 11.4 Å². The number of rotatable bonds is 6. The molecule has 3 atom stereocenters. The molecule has 9 aromatic rings. The van der Waals surface area contributed by atoms with Gasteiger partial charge in [0, 0.05) is 29.0 Å². The Kier molecular flexibility index (Phi) is 9.47. The molecule has 2 nitrogen and oxygen atoms in total. The number of imidazole rings is 1. The summed E-state index contributed by atoms with van der Waals surface area (Å²) in [6.45, 7) is 0. The Labute approximate surface area is 403 Å². The number of hydrogen-bond acceptors (Lipinski definition) is 1. The lowest BCUT2D eigenvalue weighted by Crippen LogP contribution is -2.30. The average molecular weight is 883 g/mol. The van der Waals surface area contributed by atoms with Crippen LogP contribution in [0.1, 0.15) is 65.2 Å². The standard InChI is InChI=1S/C67H50N2/c1-2-20-52(21-3-1)69-62-29-15-14-28-61(62)68-67(69)46-34-32-45(33-35-46)63-53-22-8-10-24-55(53)65(56-25-11-9-23-54(56)63)51-38-39-59-60(42-51)66(50-37-31-44-17-5-7-19-48(44)41-50)58-27-13-12-26-57(58)64(59)49-36-30-43-16-4-6-18-47(43)40-49/h2,4-13,15-27,29-36,38-42,50,59,64H,1,3,14,28,37H2. The lowest BCUT2D eigenvalue weighted by atomic mass is 9.64. The first-order chi connectivity index (χ1) is 34.2. The van der Waals surface area contributed by atoms with Gasteiger partial charge in [-0.3, -0.25) is 4.57 Å². The van der Waals surface area contributed by atoms with Gasteiger partial charge < -0.3 is 0 Å². The maximum absolute atomic E-state index is 5.30. The summed E-state index contributed by atoms with van der Waals surface area (Å²) in [5, 5.41) is 10.3. The number of hydrogen-bond donors (Lipinski definition) is 0. The van der Waals surface area contributed by atoms with Crippen molar-refractivity contribution >= 4 is 67.4 Å². The van der Waals surface area contributed by atoms with Crippen molar-refractivity contribution in [2.24, 2.45) is 11.8 Å². The van der Waals surface area contributed by atoms with Crippen LogP contribution in [-0.4, -0.2) is 9.55 Å². The van der Waals surface area contributed by atoms with Crippen LogP contribution in [0.25, 0.3) is 89.9 Å². The van der Waals surface area contributed by atoms with Crippen LogP contribution in [0.2, 0.25) is 0 Å². The first-order valence-electron chi connectivity index (χ1n) is 24.9. The maximum Gasteiger partial charge on any atom is 0.145 e. The van der Waals surface area contributed by atoms with Crippen LogP contribution < -0.4 is 10.4 Å². The van der Waals surface area contributed by atoms with E-state index < -0.39 is 0 Å². The molecule has 0 saturated carbocycles. The van der Waals surface area contributed by atoms with E-state index in [4.69, 9.17) is 4.98 Å². The summed E-state index contributed by atoms with van der Waals surface area (Å²) in [5.74, 6) is 1.61. The summed E-state index contributed by atoms with van der Waals surface area (Å²) in [5.41, 5.74) is 16.8. The van der Waals surface area contributed by atoms with Gasteiger partial charge in [-0.15, -0.1) is 0 Å². The molecule has 0 fully saturated rings. The summed E-state index contributed by atoms with van der Waals surface area (Å²) < 4.78 is 2.38. The highest BCUT2D eigenvalue weighted by molar-refractivity contribution is 6.20. The molecule has 5 aliphatic rings. The molecule has 1 heterocycles. The zero-order valence-corrected chi connectivity index (χ0v) is 38.5. The Balaban J connectivity index is 0.948. The summed E-state index contributed by atoms with van der Waals surface area (Å²) in [7, 11) is 0. The molecule has 69 heavy (non-hydrogen) atoms. The van der Waals surface area contributed by atoms with Crippen LogP contribution >= 0.6 is 0 Å². The molecule has 0 saturated heterocycles. The molecule has 0 aliphatic heterocycles. The van der Waals surface area contributed by atoms with Crippen LogP contribution in [0, 0.1) is 11.8 Å². The highest BCUT2D eigenvalue weighted by Crippen LogP contribution is 2.54. The molecule has 3 unspecified atom stereocenters. The van der Waals surface area contributed by atoms with E-state index >= 15 is 0 Å². The molecule has 0 N–H and O–H groups in total. The molecule has 0 bridgehead atoms. The van der Waals surface area contributed by atoms with Gasteiger partial charge in [-0.05, 0) is 137 Å². The van der Waals surface area contributed by atoms with E-state index in [1.54, 1.807) is 0 Å². The van der Waals surface area contributed by atoms with Crippen molar-refractivity contribution in [3.8, 4) is 22.5 Å². The number of aryl methyl sites for hydroxylation is 1. The molecular formula is C67H50N2. The lowest BCUT2D eigenvalue weighted by Gasteiger charge is -2.39. The minimum absolute atomic E-state index is 0.170. The smallest absolute Gasteiger partial charge is 0.145 e. The Morgan fingerprint density at radius 1 is 0.551 bits per heavy atom. The van der Waals surface area contributed by atoms with E-state index in [-0.39, 0.29) is 17.8 Å². The second-order valence-corrected chi connectivity index (χ2v) is 19.4. The molecule has 0 spiro atoms. The fourth-order valence-electron chi connectivity index (χ4n) is 12.5. The Morgan fingerprint density at radius 2 is 1.25 bits per heavy atom. The van der Waals surface area contributed by atoms with Gasteiger partial charge in [-0.1, -0.05) is 212 Å². The molecule has 328 valence electrons. The molecule has 5 aliphatic carbocycles. The molecule has 0 radical (unpaired) electrons. The predicted octanol–water partition coefficient (Wildman–Crippen LogP) is 15.3. The topological polar surface area (TPSA) is 17.8 Å². The third kappa shape index (κ3) is 6.57. The van der Waals surface area contributed by atoms with Crippen molar-refractivity contribution in [1.29, 1.82) is 0 Å². The zero-order valence-electron chi connectivity index (χ0n) is 38.5. The van der Waals surface area contributed by atoms with Crippen LogP contribution in [0.3, 0.4) is 0 Å². The quantitative estimate of drug-likeness (QED) is 0.152. The van der Waals surface area contributed by atoms with Crippen molar-refractivity contribution in [2.45, 2.75) is 38.0 Å². The largest absolute Gasteiger partial charge is 0.293 e. The van der Waals surface area contributed by atoms with E-state index in [0.717, 1.165) is 43.5 Å². The monoisotopic (exact) mass is 882 g/mol. The molecule has 8 aromatic carbocycles. The average Bonchev–Trinajstić information content (AvgIpc) is 3.81. The fourth-order valence-corrected chi connectivity index (χ4v) is 12.5. The first-order valence-corrected chi connectivity index (χ1v) is 24.9. The zero-order chi connectivity index (χ0) is 45.4. The number of nitrogens with zero attached hydrogens (tertiary/aromatic N) is 2. The third-order valence-corrected chi connectivity index (χ3v) is 15.6. The van der Waals surface area contributed by atoms with Gasteiger partial charge in [-0.25, -0.2) is 4.98 Å². The normalized spacial score (nSPS) is 19.0. The highest BCUT2D eigenvalue weighted by Gasteiger charge is 2.38. The second-order valence-electron chi connectivity index (χ2n) is 19.4. The fraction of sp³-hybridized carbons (Fsp3) is 0.119. The van der Waals surface area contributed by atoms with E-state index in [2.05, 4.69) is 229 Å². The van der Waals surface area contributed by atoms with Crippen LogP contribution in [0.4, 0.5) is 0 Å². The van der Waals surface area contributed by atoms with E-state index in [0.29, 0.717) is 0 Å². The summed E-state index contributed by atoms with van der Waals surface area (Å²) in [6, 6.07) is 61.6. The van der Waals surface area contributed by atoms with Crippen molar-refractivity contribution in [3.63, 3.8) is 0 Å². The lowest BCUT2D eigenvalue weighted by molar-refractivity contribution is 0.641. The van der Waals surface area contributed by atoms with Crippen LogP contribution in [-0.2, 0) is 6.42 Å². The number of fused-ring (bicyclic) bond motifs is 7. The van der Waals surface area contributed by atoms with Crippen molar-refractivity contribution < 1.29 is 0 Å². The van der Waals surface area contributed by atoms with Crippen molar-refractivity contribution in [2.75, 3.05) is 0 Å². The Morgan fingerprint density at radius 3 is 2.04 bits per heavy atom. The van der Waals surface area contributed by atoms with Gasteiger partial charge in [0.15, 0.2) is 0 Å². The minimum Gasteiger partial charge on any atom is -0.293 e. The number of benzene rings is 8. The SMILES string of the molecule is C1=CC(n2c(-c3ccc(-c4c5ccccc5c(C5=CC6=C(C7C=c8ccccc8=CC7)c7ccccc7C(c7ccc8ccccc8c7)C6C=C5)c5ccccc45)cc3)nc3c2C=CCC3)=CCC1. The van der Waals surface area contributed by atoms with Crippen molar-refractivity contribution in [1.82, 2.24) is 9.55 Å². The molecule has 2 heteroatoms. The minimum atomic E-state index is 0.170. The summed E-state index contributed by atoms with van der Waals surface area (Å²) in [4.78, 5) is 5.30. The number of aromatic nitrogens is 2. The summed E-state index contributed by atoms with van der Waals surface area (Å²) in [6.07, 6.45) is 29.2. The van der Waals surface area contributed by atoms with Gasteiger partial charge >= 0.3 is 0 Å². The molecule has 14 rings (SSSR count). The molecule has 1 aromatic heterocycles. The highest BCUT2D eigenvalue weighted by atomic mass is 15.1. The van der Waals surface area contributed by atoms with Gasteiger partial charge in [0.25, 0.3) is 0 Å².